The summed E-state index contributed by atoms with van der Waals surface area (Å²) < 4.78 is 11.2. The summed E-state index contributed by atoms with van der Waals surface area (Å²) in [7, 11) is 1.65. The molecule has 0 bridgehead atoms. The first-order valence-corrected chi connectivity index (χ1v) is 8.97. The van der Waals surface area contributed by atoms with Crippen molar-refractivity contribution in [3.05, 3.63) is 71.7 Å². The molecule has 0 spiro atoms. The number of hydrogen-bond acceptors (Lipinski definition) is 5. The lowest BCUT2D eigenvalue weighted by Crippen LogP contribution is -2.26. The highest BCUT2D eigenvalue weighted by atomic mass is 16.5. The molecule has 0 N–H and O–H groups in total. The summed E-state index contributed by atoms with van der Waals surface area (Å²) >= 11 is 0. The van der Waals surface area contributed by atoms with Gasteiger partial charge in [0.2, 0.25) is 5.89 Å². The lowest BCUT2D eigenvalue weighted by atomic mass is 10.1. The van der Waals surface area contributed by atoms with E-state index in [0.717, 1.165) is 29.2 Å². The van der Waals surface area contributed by atoms with Crippen LogP contribution in [0.1, 0.15) is 36.9 Å². The van der Waals surface area contributed by atoms with Gasteiger partial charge in [-0.25, -0.2) is 4.98 Å². The number of oxazole rings is 1. The normalized spacial score (nSPS) is 12.0. The highest BCUT2D eigenvalue weighted by Crippen LogP contribution is 2.26. The van der Waals surface area contributed by atoms with E-state index in [4.69, 9.17) is 14.4 Å². The van der Waals surface area contributed by atoms with Gasteiger partial charge in [0.15, 0.2) is 5.76 Å². The standard InChI is InChI=1S/C22H23N3O2/c1-4-25(16(2)18-7-5-17(13-23)6-8-18)15-22-24-14-21(27-22)19-9-11-20(26-3)12-10-19/h5-12,14,16H,4,15H2,1-3H3. The molecule has 0 fully saturated rings. The van der Waals surface area contributed by atoms with Crippen LogP contribution in [0.3, 0.4) is 0 Å². The number of ether oxygens (including phenoxy) is 1. The van der Waals surface area contributed by atoms with Gasteiger partial charge >= 0.3 is 0 Å². The molecular weight excluding hydrogens is 338 g/mol. The van der Waals surface area contributed by atoms with E-state index < -0.39 is 0 Å². The maximum atomic E-state index is 8.95. The fourth-order valence-corrected chi connectivity index (χ4v) is 3.02. The van der Waals surface area contributed by atoms with Crippen LogP contribution in [0.25, 0.3) is 11.3 Å². The van der Waals surface area contributed by atoms with Crippen LogP contribution in [-0.4, -0.2) is 23.5 Å². The van der Waals surface area contributed by atoms with E-state index in [2.05, 4.69) is 29.8 Å². The van der Waals surface area contributed by atoms with E-state index >= 15 is 0 Å². The minimum Gasteiger partial charge on any atom is -0.497 e. The summed E-state index contributed by atoms with van der Waals surface area (Å²) in [6.45, 7) is 5.75. The lowest BCUT2D eigenvalue weighted by molar-refractivity contribution is 0.193. The van der Waals surface area contributed by atoms with Crippen LogP contribution in [-0.2, 0) is 6.54 Å². The van der Waals surface area contributed by atoms with Gasteiger partial charge in [0.1, 0.15) is 5.75 Å². The molecule has 3 rings (SSSR count). The molecule has 138 valence electrons. The highest BCUT2D eigenvalue weighted by molar-refractivity contribution is 5.57. The molecule has 0 saturated carbocycles. The van der Waals surface area contributed by atoms with Crippen LogP contribution in [0.5, 0.6) is 5.75 Å². The highest BCUT2D eigenvalue weighted by Gasteiger charge is 2.17. The number of nitriles is 1. The third-order valence-electron chi connectivity index (χ3n) is 4.74. The van der Waals surface area contributed by atoms with Crippen LogP contribution in [0.15, 0.2) is 59.1 Å². The third kappa shape index (κ3) is 4.36. The van der Waals surface area contributed by atoms with E-state index in [1.54, 1.807) is 13.3 Å². The second-order valence-corrected chi connectivity index (χ2v) is 6.32. The molecule has 3 aromatic rings. The van der Waals surface area contributed by atoms with Crippen molar-refractivity contribution < 1.29 is 9.15 Å². The fraction of sp³-hybridized carbons (Fsp3) is 0.273. The third-order valence-corrected chi connectivity index (χ3v) is 4.74. The molecule has 2 aromatic carbocycles. The Morgan fingerprint density at radius 1 is 1.15 bits per heavy atom. The number of benzene rings is 2. The number of aromatic nitrogens is 1. The van der Waals surface area contributed by atoms with E-state index in [-0.39, 0.29) is 6.04 Å². The predicted octanol–water partition coefficient (Wildman–Crippen LogP) is 4.80. The molecule has 0 radical (unpaired) electrons. The zero-order valence-electron chi connectivity index (χ0n) is 15.8. The van der Waals surface area contributed by atoms with Crippen LogP contribution >= 0.6 is 0 Å². The average Bonchev–Trinajstić information content (AvgIpc) is 3.20. The van der Waals surface area contributed by atoms with Gasteiger partial charge in [0.05, 0.1) is 31.5 Å². The molecule has 1 unspecified atom stereocenters. The van der Waals surface area contributed by atoms with Crippen molar-refractivity contribution in [2.24, 2.45) is 0 Å². The van der Waals surface area contributed by atoms with Crippen molar-refractivity contribution in [1.82, 2.24) is 9.88 Å². The van der Waals surface area contributed by atoms with E-state index in [1.807, 2.05) is 48.5 Å². The van der Waals surface area contributed by atoms with Crippen molar-refractivity contribution in [3.8, 4) is 23.1 Å². The van der Waals surface area contributed by atoms with Crippen molar-refractivity contribution in [2.75, 3.05) is 13.7 Å². The van der Waals surface area contributed by atoms with Crippen molar-refractivity contribution >= 4 is 0 Å². The summed E-state index contributed by atoms with van der Waals surface area (Å²) in [4.78, 5) is 6.73. The van der Waals surface area contributed by atoms with Gasteiger partial charge in [-0.15, -0.1) is 0 Å². The number of nitrogens with zero attached hydrogens (tertiary/aromatic N) is 3. The Kier molecular flexibility index (Phi) is 5.90. The predicted molar refractivity (Wildman–Crippen MR) is 104 cm³/mol. The van der Waals surface area contributed by atoms with Gasteiger partial charge in [-0.3, -0.25) is 4.90 Å². The van der Waals surface area contributed by atoms with Gasteiger partial charge in [-0.2, -0.15) is 5.26 Å². The zero-order chi connectivity index (χ0) is 19.2. The minimum absolute atomic E-state index is 0.194. The first-order valence-electron chi connectivity index (χ1n) is 8.97. The Bertz CT molecular complexity index is 908. The molecule has 0 aliphatic rings. The molecule has 1 aromatic heterocycles. The molecule has 5 heteroatoms. The largest absolute Gasteiger partial charge is 0.497 e. The van der Waals surface area contributed by atoms with E-state index in [0.29, 0.717) is 18.0 Å². The monoisotopic (exact) mass is 361 g/mol. The molecule has 0 aliphatic carbocycles. The van der Waals surface area contributed by atoms with Crippen molar-refractivity contribution in [2.45, 2.75) is 26.4 Å². The number of methoxy groups -OCH3 is 1. The zero-order valence-corrected chi connectivity index (χ0v) is 15.8. The Morgan fingerprint density at radius 2 is 1.85 bits per heavy atom. The molecule has 5 nitrogen and oxygen atoms in total. The molecule has 0 amide bonds. The van der Waals surface area contributed by atoms with Gasteiger partial charge in [0, 0.05) is 11.6 Å². The lowest BCUT2D eigenvalue weighted by Gasteiger charge is -2.26. The average molecular weight is 361 g/mol. The summed E-state index contributed by atoms with van der Waals surface area (Å²) in [6, 6.07) is 17.8. The number of rotatable bonds is 7. The minimum atomic E-state index is 0.194. The Balaban J connectivity index is 1.72. The van der Waals surface area contributed by atoms with Crippen LogP contribution in [0.4, 0.5) is 0 Å². The Labute approximate surface area is 159 Å². The Hall–Kier alpha value is -3.10. The second kappa shape index (κ2) is 8.52. The fourth-order valence-electron chi connectivity index (χ4n) is 3.02. The second-order valence-electron chi connectivity index (χ2n) is 6.32. The van der Waals surface area contributed by atoms with Gasteiger partial charge < -0.3 is 9.15 Å². The first-order chi connectivity index (χ1) is 13.1. The van der Waals surface area contributed by atoms with Crippen LogP contribution in [0, 0.1) is 11.3 Å². The molecule has 1 heterocycles. The van der Waals surface area contributed by atoms with Gasteiger partial charge in [0.25, 0.3) is 0 Å². The molecule has 1 atom stereocenters. The molecule has 0 saturated heterocycles. The molecule has 27 heavy (non-hydrogen) atoms. The maximum Gasteiger partial charge on any atom is 0.209 e. The molecule has 0 aliphatic heterocycles. The Morgan fingerprint density at radius 3 is 2.44 bits per heavy atom. The van der Waals surface area contributed by atoms with Gasteiger partial charge in [-0.1, -0.05) is 19.1 Å². The summed E-state index contributed by atoms with van der Waals surface area (Å²) in [5, 5.41) is 8.95. The maximum absolute atomic E-state index is 8.95. The smallest absolute Gasteiger partial charge is 0.209 e. The summed E-state index contributed by atoms with van der Waals surface area (Å²) in [5.74, 6) is 2.24. The van der Waals surface area contributed by atoms with E-state index in [9.17, 15) is 0 Å². The SMILES string of the molecule is CCN(Cc1ncc(-c2ccc(OC)cc2)o1)C(C)c1ccc(C#N)cc1. The van der Waals surface area contributed by atoms with Gasteiger partial charge in [-0.05, 0) is 55.4 Å². The number of hydrogen-bond donors (Lipinski definition) is 0. The van der Waals surface area contributed by atoms with Crippen molar-refractivity contribution in [1.29, 1.82) is 5.26 Å². The van der Waals surface area contributed by atoms with Crippen LogP contribution in [0.2, 0.25) is 0 Å². The topological polar surface area (TPSA) is 62.3 Å². The quantitative estimate of drug-likeness (QED) is 0.604. The van der Waals surface area contributed by atoms with Crippen molar-refractivity contribution in [3.63, 3.8) is 0 Å². The van der Waals surface area contributed by atoms with E-state index in [1.165, 1.54) is 0 Å². The van der Waals surface area contributed by atoms with Crippen LogP contribution < -0.4 is 4.74 Å². The first kappa shape index (κ1) is 18.7. The summed E-state index contributed by atoms with van der Waals surface area (Å²) in [6.07, 6.45) is 1.76. The summed E-state index contributed by atoms with van der Waals surface area (Å²) in [5.41, 5.74) is 2.81. The molecular formula is C22H23N3O2.